The number of thiazole rings is 1. The van der Waals surface area contributed by atoms with Crippen LogP contribution in [0.15, 0.2) is 22.9 Å². The second-order valence-electron chi connectivity index (χ2n) is 6.44. The van der Waals surface area contributed by atoms with E-state index in [9.17, 15) is 4.79 Å². The normalized spacial score (nSPS) is 16.3. The van der Waals surface area contributed by atoms with E-state index in [2.05, 4.69) is 21.3 Å². The maximum atomic E-state index is 12.9. The van der Waals surface area contributed by atoms with Crippen molar-refractivity contribution >= 4 is 28.6 Å². The van der Waals surface area contributed by atoms with E-state index in [1.807, 2.05) is 32.3 Å². The Kier molecular flexibility index (Phi) is 5.34. The maximum Gasteiger partial charge on any atom is 0.242 e. The Morgan fingerprint density at radius 1 is 1.38 bits per heavy atom. The summed E-state index contributed by atoms with van der Waals surface area (Å²) in [4.78, 5) is 22.8. The van der Waals surface area contributed by atoms with Crippen LogP contribution in [0.3, 0.4) is 0 Å². The molecule has 24 heavy (non-hydrogen) atoms. The lowest BCUT2D eigenvalue weighted by Crippen LogP contribution is -2.58. The van der Waals surface area contributed by atoms with Crippen molar-refractivity contribution in [2.24, 2.45) is 0 Å². The summed E-state index contributed by atoms with van der Waals surface area (Å²) in [7, 11) is 1.86. The van der Waals surface area contributed by atoms with Crippen LogP contribution < -0.4 is 0 Å². The molecule has 0 saturated carbocycles. The van der Waals surface area contributed by atoms with E-state index in [0.717, 1.165) is 23.8 Å². The quantitative estimate of drug-likeness (QED) is 0.817. The number of nitrogens with zero attached hydrogens (tertiary/aromatic N) is 3. The summed E-state index contributed by atoms with van der Waals surface area (Å²) < 4.78 is 5.39. The minimum absolute atomic E-state index is 0.120. The monoisotopic (exact) mass is 365 g/mol. The predicted molar refractivity (Wildman–Crippen MR) is 98.4 cm³/mol. The van der Waals surface area contributed by atoms with Crippen molar-refractivity contribution in [1.29, 1.82) is 0 Å². The lowest BCUT2D eigenvalue weighted by Gasteiger charge is -2.41. The molecule has 3 heterocycles. The average molecular weight is 366 g/mol. The SMILES string of the molecule is CN(Cc1csc(-c2cccs2)n1)C(=O)C(C)(C)N1CCOCC1. The van der Waals surface area contributed by atoms with Crippen LogP contribution in [-0.2, 0) is 16.1 Å². The molecule has 2 aromatic rings. The summed E-state index contributed by atoms with van der Waals surface area (Å²) in [5, 5.41) is 5.12. The Morgan fingerprint density at radius 2 is 2.12 bits per heavy atom. The highest BCUT2D eigenvalue weighted by atomic mass is 32.1. The van der Waals surface area contributed by atoms with E-state index in [1.165, 1.54) is 4.88 Å². The molecule has 5 nitrogen and oxygen atoms in total. The van der Waals surface area contributed by atoms with Gasteiger partial charge < -0.3 is 9.64 Å². The molecule has 3 rings (SSSR count). The van der Waals surface area contributed by atoms with Gasteiger partial charge in [-0.3, -0.25) is 9.69 Å². The molecular weight excluding hydrogens is 342 g/mol. The number of ether oxygens (including phenoxy) is 1. The molecule has 0 unspecified atom stereocenters. The van der Waals surface area contributed by atoms with Crippen LogP contribution in [0.4, 0.5) is 0 Å². The van der Waals surface area contributed by atoms with Gasteiger partial charge in [-0.1, -0.05) is 6.07 Å². The molecule has 0 spiro atoms. The molecule has 0 N–H and O–H groups in total. The van der Waals surface area contributed by atoms with Gasteiger partial charge in [0.1, 0.15) is 5.01 Å². The molecule has 0 bridgehead atoms. The molecule has 1 aliphatic rings. The van der Waals surface area contributed by atoms with Gasteiger partial charge in [0, 0.05) is 25.5 Å². The van der Waals surface area contributed by atoms with Gasteiger partial charge in [0.25, 0.3) is 0 Å². The molecule has 1 amide bonds. The molecule has 0 aromatic carbocycles. The number of hydrogen-bond donors (Lipinski definition) is 0. The summed E-state index contributed by atoms with van der Waals surface area (Å²) in [5.41, 5.74) is 0.419. The number of morpholine rings is 1. The van der Waals surface area contributed by atoms with Gasteiger partial charge in [-0.15, -0.1) is 22.7 Å². The highest BCUT2D eigenvalue weighted by molar-refractivity contribution is 7.20. The zero-order chi connectivity index (χ0) is 17.2. The Morgan fingerprint density at radius 3 is 2.79 bits per heavy atom. The molecule has 0 aliphatic carbocycles. The second-order valence-corrected chi connectivity index (χ2v) is 8.25. The van der Waals surface area contributed by atoms with Crippen molar-refractivity contribution in [2.45, 2.75) is 25.9 Å². The average Bonchev–Trinajstić information content (AvgIpc) is 3.26. The van der Waals surface area contributed by atoms with Crippen molar-refractivity contribution in [1.82, 2.24) is 14.8 Å². The third kappa shape index (κ3) is 3.69. The van der Waals surface area contributed by atoms with Crippen LogP contribution in [0.25, 0.3) is 9.88 Å². The van der Waals surface area contributed by atoms with E-state index in [1.54, 1.807) is 27.6 Å². The summed E-state index contributed by atoms with van der Waals surface area (Å²) in [5.74, 6) is 0.120. The van der Waals surface area contributed by atoms with Crippen LogP contribution in [0.1, 0.15) is 19.5 Å². The molecule has 2 aromatic heterocycles. The number of carbonyl (C=O) groups excluding carboxylic acids is 1. The number of rotatable bonds is 5. The van der Waals surface area contributed by atoms with Crippen LogP contribution in [0.2, 0.25) is 0 Å². The Bertz CT molecular complexity index is 676. The lowest BCUT2D eigenvalue weighted by atomic mass is 10.00. The molecule has 1 saturated heterocycles. The van der Waals surface area contributed by atoms with Gasteiger partial charge in [-0.05, 0) is 25.3 Å². The first-order valence-electron chi connectivity index (χ1n) is 8.05. The Hall–Kier alpha value is -1.28. The topological polar surface area (TPSA) is 45.7 Å². The third-order valence-electron chi connectivity index (χ3n) is 4.35. The fourth-order valence-corrected chi connectivity index (χ4v) is 4.56. The van der Waals surface area contributed by atoms with Gasteiger partial charge in [0.2, 0.25) is 5.91 Å². The van der Waals surface area contributed by atoms with Gasteiger partial charge in [0.05, 0.1) is 35.9 Å². The van der Waals surface area contributed by atoms with Crippen molar-refractivity contribution in [3.8, 4) is 9.88 Å². The fraction of sp³-hybridized carbons (Fsp3) is 0.529. The van der Waals surface area contributed by atoms with Crippen LogP contribution in [0, 0.1) is 0 Å². The maximum absolute atomic E-state index is 12.9. The standard InChI is InChI=1S/C17H23N3O2S2/c1-17(2,20-6-8-22-9-7-20)16(21)19(3)11-13-12-24-15(18-13)14-5-4-10-23-14/h4-5,10,12H,6-9,11H2,1-3H3. The van der Waals surface area contributed by atoms with Gasteiger partial charge in [-0.2, -0.15) is 0 Å². The largest absolute Gasteiger partial charge is 0.379 e. The lowest BCUT2D eigenvalue weighted by molar-refractivity contribution is -0.144. The van der Waals surface area contributed by atoms with Crippen molar-refractivity contribution in [3.05, 3.63) is 28.6 Å². The van der Waals surface area contributed by atoms with E-state index < -0.39 is 5.54 Å². The molecule has 130 valence electrons. The van der Waals surface area contributed by atoms with Gasteiger partial charge in [0.15, 0.2) is 0 Å². The van der Waals surface area contributed by atoms with E-state index in [4.69, 9.17) is 4.74 Å². The fourth-order valence-electron chi connectivity index (χ4n) is 2.93. The molecule has 1 aliphatic heterocycles. The third-order valence-corrected chi connectivity index (χ3v) is 6.28. The summed E-state index contributed by atoms with van der Waals surface area (Å²) >= 11 is 3.32. The number of likely N-dealkylation sites (N-methyl/N-ethyl adjacent to an activating group) is 1. The predicted octanol–water partition coefficient (Wildman–Crippen LogP) is 2.94. The molecule has 0 atom stereocenters. The van der Waals surface area contributed by atoms with E-state index in [-0.39, 0.29) is 5.91 Å². The molecule has 1 fully saturated rings. The summed E-state index contributed by atoms with van der Waals surface area (Å²) in [6, 6.07) is 4.10. The summed E-state index contributed by atoms with van der Waals surface area (Å²) in [6.45, 7) is 7.50. The molecule has 7 heteroatoms. The van der Waals surface area contributed by atoms with Gasteiger partial charge >= 0.3 is 0 Å². The van der Waals surface area contributed by atoms with Gasteiger partial charge in [-0.25, -0.2) is 4.98 Å². The van der Waals surface area contributed by atoms with Crippen molar-refractivity contribution < 1.29 is 9.53 Å². The Balaban J connectivity index is 1.65. The first-order chi connectivity index (χ1) is 11.5. The van der Waals surface area contributed by atoms with Crippen LogP contribution in [-0.4, -0.2) is 59.6 Å². The number of aromatic nitrogens is 1. The van der Waals surface area contributed by atoms with E-state index >= 15 is 0 Å². The Labute approximate surface area is 150 Å². The zero-order valence-corrected chi connectivity index (χ0v) is 16.0. The second kappa shape index (κ2) is 7.31. The number of thiophene rings is 1. The minimum Gasteiger partial charge on any atom is -0.379 e. The zero-order valence-electron chi connectivity index (χ0n) is 14.3. The number of amides is 1. The van der Waals surface area contributed by atoms with Crippen molar-refractivity contribution in [2.75, 3.05) is 33.4 Å². The molecule has 0 radical (unpaired) electrons. The summed E-state index contributed by atoms with van der Waals surface area (Å²) in [6.07, 6.45) is 0. The highest BCUT2D eigenvalue weighted by Gasteiger charge is 2.37. The van der Waals surface area contributed by atoms with Crippen LogP contribution >= 0.6 is 22.7 Å². The smallest absolute Gasteiger partial charge is 0.242 e. The minimum atomic E-state index is -0.523. The number of hydrogen-bond acceptors (Lipinski definition) is 6. The molecular formula is C17H23N3O2S2. The first kappa shape index (κ1) is 17.5. The highest BCUT2D eigenvalue weighted by Crippen LogP contribution is 2.28. The van der Waals surface area contributed by atoms with E-state index in [0.29, 0.717) is 19.8 Å². The number of carbonyl (C=O) groups is 1. The first-order valence-corrected chi connectivity index (χ1v) is 9.81. The van der Waals surface area contributed by atoms with Crippen molar-refractivity contribution in [3.63, 3.8) is 0 Å². The van der Waals surface area contributed by atoms with Crippen LogP contribution in [0.5, 0.6) is 0 Å².